The van der Waals surface area contributed by atoms with Gasteiger partial charge in [-0.15, -0.1) is 0 Å². The standard InChI is InChI=1S/C12H17N3O4/c1-3-5-8-14(12(16)19-4-2)11-7-6-10(9-13-11)15(17)18/h6-7,9H,3-5,8H2,1-2H3. The molecule has 0 spiro atoms. The van der Waals surface area contributed by atoms with Gasteiger partial charge >= 0.3 is 6.09 Å². The summed E-state index contributed by atoms with van der Waals surface area (Å²) in [7, 11) is 0. The number of nitrogens with zero attached hydrogens (tertiary/aromatic N) is 3. The first-order valence-corrected chi connectivity index (χ1v) is 6.14. The second-order valence-electron chi connectivity index (χ2n) is 3.84. The van der Waals surface area contributed by atoms with Crippen LogP contribution in [0, 0.1) is 10.1 Å². The van der Waals surface area contributed by atoms with E-state index >= 15 is 0 Å². The van der Waals surface area contributed by atoms with Crippen LogP contribution in [0.3, 0.4) is 0 Å². The van der Waals surface area contributed by atoms with Crippen LogP contribution in [0.5, 0.6) is 0 Å². The predicted octanol–water partition coefficient (Wildman–Crippen LogP) is 2.75. The number of aromatic nitrogens is 1. The number of unbranched alkanes of at least 4 members (excludes halogenated alkanes) is 1. The molecule has 0 saturated heterocycles. The second kappa shape index (κ2) is 7.30. The maximum atomic E-state index is 11.8. The Morgan fingerprint density at radius 1 is 1.47 bits per heavy atom. The summed E-state index contributed by atoms with van der Waals surface area (Å²) in [6.45, 7) is 4.47. The lowest BCUT2D eigenvalue weighted by Gasteiger charge is -2.20. The van der Waals surface area contributed by atoms with E-state index in [1.165, 1.54) is 17.0 Å². The maximum Gasteiger partial charge on any atom is 0.415 e. The quantitative estimate of drug-likeness (QED) is 0.584. The monoisotopic (exact) mass is 267 g/mol. The summed E-state index contributed by atoms with van der Waals surface area (Å²) in [5.41, 5.74) is -0.108. The summed E-state index contributed by atoms with van der Waals surface area (Å²) < 4.78 is 4.95. The fourth-order valence-corrected chi connectivity index (χ4v) is 1.46. The van der Waals surface area contributed by atoms with Crippen LogP contribution in [0.1, 0.15) is 26.7 Å². The van der Waals surface area contributed by atoms with E-state index in [1.807, 2.05) is 6.92 Å². The van der Waals surface area contributed by atoms with Gasteiger partial charge in [-0.1, -0.05) is 13.3 Å². The maximum absolute atomic E-state index is 11.8. The van der Waals surface area contributed by atoms with Crippen molar-refractivity contribution in [2.24, 2.45) is 0 Å². The van der Waals surface area contributed by atoms with Crippen molar-refractivity contribution >= 4 is 17.6 Å². The summed E-state index contributed by atoms with van der Waals surface area (Å²) in [5.74, 6) is 0.359. The van der Waals surface area contributed by atoms with Crippen molar-refractivity contribution in [3.63, 3.8) is 0 Å². The molecule has 0 saturated carbocycles. The van der Waals surface area contributed by atoms with Crippen molar-refractivity contribution < 1.29 is 14.5 Å². The van der Waals surface area contributed by atoms with Crippen LogP contribution in [-0.2, 0) is 4.74 Å². The topological polar surface area (TPSA) is 85.6 Å². The van der Waals surface area contributed by atoms with Gasteiger partial charge in [0.25, 0.3) is 5.69 Å². The third-order valence-electron chi connectivity index (χ3n) is 2.44. The number of anilines is 1. The molecule has 1 heterocycles. The molecule has 0 aromatic carbocycles. The van der Waals surface area contributed by atoms with Gasteiger partial charge in [0.1, 0.15) is 12.0 Å². The molecule has 1 aromatic heterocycles. The molecular weight excluding hydrogens is 250 g/mol. The first-order chi connectivity index (χ1) is 9.10. The average Bonchev–Trinajstić information content (AvgIpc) is 2.40. The molecule has 7 nitrogen and oxygen atoms in total. The molecule has 0 unspecified atom stereocenters. The van der Waals surface area contributed by atoms with Crippen molar-refractivity contribution in [2.75, 3.05) is 18.1 Å². The summed E-state index contributed by atoms with van der Waals surface area (Å²) in [5, 5.41) is 10.6. The van der Waals surface area contributed by atoms with E-state index in [4.69, 9.17) is 4.74 Å². The number of nitro groups is 1. The van der Waals surface area contributed by atoms with Crippen molar-refractivity contribution in [1.82, 2.24) is 4.98 Å². The molecule has 0 radical (unpaired) electrons. The van der Waals surface area contributed by atoms with Gasteiger partial charge < -0.3 is 4.74 Å². The molecule has 0 atom stereocenters. The summed E-state index contributed by atoms with van der Waals surface area (Å²) in [4.78, 5) is 27.1. The first-order valence-electron chi connectivity index (χ1n) is 6.14. The highest BCUT2D eigenvalue weighted by Gasteiger charge is 2.18. The molecule has 19 heavy (non-hydrogen) atoms. The number of hydrogen-bond acceptors (Lipinski definition) is 5. The van der Waals surface area contributed by atoms with Gasteiger partial charge in [0.2, 0.25) is 0 Å². The lowest BCUT2D eigenvalue weighted by molar-refractivity contribution is -0.385. The third kappa shape index (κ3) is 4.20. The van der Waals surface area contributed by atoms with E-state index in [0.717, 1.165) is 19.0 Å². The van der Waals surface area contributed by atoms with Gasteiger partial charge in [0.15, 0.2) is 0 Å². The summed E-state index contributed by atoms with van der Waals surface area (Å²) in [6.07, 6.45) is 2.37. The fourth-order valence-electron chi connectivity index (χ4n) is 1.46. The molecule has 0 fully saturated rings. The number of hydrogen-bond donors (Lipinski definition) is 0. The second-order valence-corrected chi connectivity index (χ2v) is 3.84. The molecule has 104 valence electrons. The first kappa shape index (κ1) is 14.9. The number of pyridine rings is 1. The van der Waals surface area contributed by atoms with Crippen molar-refractivity contribution in [2.45, 2.75) is 26.7 Å². The van der Waals surface area contributed by atoms with Crippen LogP contribution in [0.4, 0.5) is 16.3 Å². The van der Waals surface area contributed by atoms with Crippen molar-refractivity contribution in [3.8, 4) is 0 Å². The van der Waals surface area contributed by atoms with Gasteiger partial charge in [-0.25, -0.2) is 9.78 Å². The zero-order valence-electron chi connectivity index (χ0n) is 11.0. The Bertz CT molecular complexity index is 433. The molecule has 1 amide bonds. The van der Waals surface area contributed by atoms with Crippen molar-refractivity contribution in [1.29, 1.82) is 0 Å². The highest BCUT2D eigenvalue weighted by atomic mass is 16.6. The molecule has 0 aliphatic carbocycles. The Morgan fingerprint density at radius 2 is 2.21 bits per heavy atom. The van der Waals surface area contributed by atoms with Gasteiger partial charge in [-0.3, -0.25) is 15.0 Å². The van der Waals surface area contributed by atoms with Crippen LogP contribution in [-0.4, -0.2) is 29.2 Å². The van der Waals surface area contributed by atoms with Crippen LogP contribution < -0.4 is 4.90 Å². The molecule has 0 N–H and O–H groups in total. The van der Waals surface area contributed by atoms with Gasteiger partial charge in [-0.05, 0) is 19.4 Å². The lowest BCUT2D eigenvalue weighted by Crippen LogP contribution is -2.33. The smallest absolute Gasteiger partial charge is 0.415 e. The van der Waals surface area contributed by atoms with Crippen LogP contribution in [0.25, 0.3) is 0 Å². The highest BCUT2D eigenvalue weighted by molar-refractivity contribution is 5.86. The van der Waals surface area contributed by atoms with E-state index in [-0.39, 0.29) is 12.3 Å². The Hall–Kier alpha value is -2.18. The minimum atomic E-state index is -0.530. The number of carbonyl (C=O) groups excluding carboxylic acids is 1. The number of amides is 1. The van der Waals surface area contributed by atoms with Crippen LogP contribution in [0.15, 0.2) is 18.3 Å². The van der Waals surface area contributed by atoms with Gasteiger partial charge in [0, 0.05) is 12.6 Å². The minimum Gasteiger partial charge on any atom is -0.449 e. The van der Waals surface area contributed by atoms with E-state index in [0.29, 0.717) is 12.4 Å². The Balaban J connectivity index is 2.89. The van der Waals surface area contributed by atoms with Crippen LogP contribution in [0.2, 0.25) is 0 Å². The molecular formula is C12H17N3O4. The zero-order chi connectivity index (χ0) is 14.3. The van der Waals surface area contributed by atoms with Crippen molar-refractivity contribution in [3.05, 3.63) is 28.4 Å². The molecule has 0 aliphatic heterocycles. The average molecular weight is 267 g/mol. The SMILES string of the molecule is CCCCN(C(=O)OCC)c1ccc([N+](=O)[O-])cn1. The number of ether oxygens (including phenoxy) is 1. The summed E-state index contributed by atoms with van der Waals surface area (Å²) >= 11 is 0. The van der Waals surface area contributed by atoms with E-state index < -0.39 is 11.0 Å². The molecule has 1 rings (SSSR count). The summed E-state index contributed by atoms with van der Waals surface area (Å²) in [6, 6.07) is 2.77. The lowest BCUT2D eigenvalue weighted by atomic mass is 10.3. The van der Waals surface area contributed by atoms with E-state index in [1.54, 1.807) is 6.92 Å². The van der Waals surface area contributed by atoms with Gasteiger partial charge in [-0.2, -0.15) is 0 Å². The minimum absolute atomic E-state index is 0.108. The largest absolute Gasteiger partial charge is 0.449 e. The van der Waals surface area contributed by atoms with E-state index in [9.17, 15) is 14.9 Å². The molecule has 0 aliphatic rings. The van der Waals surface area contributed by atoms with Crippen LogP contribution >= 0.6 is 0 Å². The van der Waals surface area contributed by atoms with E-state index in [2.05, 4.69) is 4.98 Å². The zero-order valence-corrected chi connectivity index (χ0v) is 11.0. The molecule has 0 bridgehead atoms. The molecule has 7 heteroatoms. The fraction of sp³-hybridized carbons (Fsp3) is 0.500. The third-order valence-corrected chi connectivity index (χ3v) is 2.44. The predicted molar refractivity (Wildman–Crippen MR) is 70.2 cm³/mol. The Kier molecular flexibility index (Phi) is 5.72. The molecule has 1 aromatic rings. The van der Waals surface area contributed by atoms with Gasteiger partial charge in [0.05, 0.1) is 11.5 Å². The normalized spacial score (nSPS) is 10.0. The Labute approximate surface area is 111 Å². The number of carbonyl (C=O) groups is 1. The Morgan fingerprint density at radius 3 is 2.68 bits per heavy atom. The number of rotatable bonds is 6. The highest BCUT2D eigenvalue weighted by Crippen LogP contribution is 2.17.